The monoisotopic (exact) mass is 301 g/mol. The van der Waals surface area contributed by atoms with Gasteiger partial charge in [0.2, 0.25) is 10.0 Å². The Morgan fingerprint density at radius 2 is 1.95 bits per heavy atom. The van der Waals surface area contributed by atoms with Crippen molar-refractivity contribution in [3.8, 4) is 0 Å². The number of rotatable bonds is 2. The normalized spacial score (nSPS) is 37.5. The number of nitrogens with one attached hydrogen (secondary N) is 1. The van der Waals surface area contributed by atoms with Gasteiger partial charge in [-0.05, 0) is 58.2 Å². The highest BCUT2D eigenvalue weighted by Gasteiger charge is 2.40. The fraction of sp³-hybridized carbons (Fsp3) is 1.00. The summed E-state index contributed by atoms with van der Waals surface area (Å²) in [4.78, 5) is 2.43. The van der Waals surface area contributed by atoms with E-state index in [-0.39, 0.29) is 5.25 Å². The van der Waals surface area contributed by atoms with Gasteiger partial charge >= 0.3 is 0 Å². The lowest BCUT2D eigenvalue weighted by Gasteiger charge is -2.46. The Kier molecular flexibility index (Phi) is 4.36. The molecule has 0 radical (unpaired) electrons. The van der Waals surface area contributed by atoms with Gasteiger partial charge < -0.3 is 10.2 Å². The molecule has 3 aliphatic rings. The van der Waals surface area contributed by atoms with Crippen molar-refractivity contribution < 1.29 is 8.42 Å². The number of sulfonamides is 1. The Hall–Kier alpha value is -0.170. The van der Waals surface area contributed by atoms with Crippen LogP contribution in [0.25, 0.3) is 0 Å². The predicted molar refractivity (Wildman–Crippen MR) is 80.1 cm³/mol. The lowest BCUT2D eigenvalue weighted by molar-refractivity contribution is 0.0667. The second-order valence-electron chi connectivity index (χ2n) is 6.61. The van der Waals surface area contributed by atoms with Crippen LogP contribution in [0, 0.1) is 5.92 Å². The Balaban J connectivity index is 1.68. The molecule has 3 saturated heterocycles. The minimum atomic E-state index is -3.10. The van der Waals surface area contributed by atoms with E-state index in [1.807, 2.05) is 0 Å². The summed E-state index contributed by atoms with van der Waals surface area (Å²) in [7, 11) is -0.914. The molecule has 0 amide bonds. The van der Waals surface area contributed by atoms with Gasteiger partial charge in [0, 0.05) is 25.7 Å². The van der Waals surface area contributed by atoms with E-state index >= 15 is 0 Å². The third kappa shape index (κ3) is 2.75. The van der Waals surface area contributed by atoms with Gasteiger partial charge in [-0.2, -0.15) is 0 Å². The number of fused-ring (bicyclic) bond motifs is 1. The van der Waals surface area contributed by atoms with Crippen LogP contribution in [-0.2, 0) is 10.0 Å². The van der Waals surface area contributed by atoms with E-state index < -0.39 is 10.0 Å². The van der Waals surface area contributed by atoms with Crippen LogP contribution >= 0.6 is 0 Å². The molecule has 5 nitrogen and oxygen atoms in total. The molecule has 3 heterocycles. The van der Waals surface area contributed by atoms with Gasteiger partial charge in [-0.15, -0.1) is 0 Å². The van der Waals surface area contributed by atoms with Crippen LogP contribution < -0.4 is 5.32 Å². The summed E-state index contributed by atoms with van der Waals surface area (Å²) < 4.78 is 27.3. The molecule has 0 aromatic rings. The van der Waals surface area contributed by atoms with E-state index in [0.717, 1.165) is 32.4 Å². The first kappa shape index (κ1) is 14.8. The van der Waals surface area contributed by atoms with Crippen LogP contribution in [0.4, 0.5) is 0 Å². The van der Waals surface area contributed by atoms with Crippen molar-refractivity contribution in [2.24, 2.45) is 5.92 Å². The van der Waals surface area contributed by atoms with Gasteiger partial charge in [0.05, 0.1) is 5.25 Å². The van der Waals surface area contributed by atoms with Gasteiger partial charge in [-0.3, -0.25) is 0 Å². The summed E-state index contributed by atoms with van der Waals surface area (Å²) in [5, 5.41) is 3.03. The quantitative estimate of drug-likeness (QED) is 0.806. The molecule has 3 rings (SSSR count). The van der Waals surface area contributed by atoms with Crippen molar-refractivity contribution in [2.75, 3.05) is 39.8 Å². The number of hydrogen-bond donors (Lipinski definition) is 1. The van der Waals surface area contributed by atoms with Crippen molar-refractivity contribution >= 4 is 10.0 Å². The molecule has 3 fully saturated rings. The van der Waals surface area contributed by atoms with Gasteiger partial charge in [0.25, 0.3) is 0 Å². The van der Waals surface area contributed by atoms with Gasteiger partial charge in [0.1, 0.15) is 0 Å². The number of likely N-dealkylation sites (tertiary alicyclic amines) is 1. The van der Waals surface area contributed by atoms with E-state index in [0.29, 0.717) is 25.0 Å². The standard InChI is InChI=1S/C14H27N3O2S/c1-16-8-3-4-12-11-17(9-6-14(12)16)20(18,19)13-5-2-7-15-10-13/h12-15H,2-11H2,1H3. The maximum Gasteiger partial charge on any atom is 0.218 e. The summed E-state index contributed by atoms with van der Waals surface area (Å²) in [6.07, 6.45) is 5.19. The summed E-state index contributed by atoms with van der Waals surface area (Å²) in [6.45, 7) is 4.22. The second kappa shape index (κ2) is 5.91. The molecule has 3 unspecified atom stereocenters. The van der Waals surface area contributed by atoms with Gasteiger partial charge in [0.15, 0.2) is 0 Å². The molecular weight excluding hydrogens is 274 g/mol. The van der Waals surface area contributed by atoms with E-state index in [1.165, 1.54) is 19.4 Å². The van der Waals surface area contributed by atoms with Gasteiger partial charge in [-0.25, -0.2) is 12.7 Å². The molecule has 0 spiro atoms. The van der Waals surface area contributed by atoms with E-state index in [2.05, 4.69) is 17.3 Å². The third-order valence-electron chi connectivity index (χ3n) is 5.34. The van der Waals surface area contributed by atoms with E-state index in [4.69, 9.17) is 0 Å². The largest absolute Gasteiger partial charge is 0.315 e. The second-order valence-corrected chi connectivity index (χ2v) is 8.82. The molecule has 116 valence electrons. The van der Waals surface area contributed by atoms with Crippen LogP contribution in [0.1, 0.15) is 32.1 Å². The number of nitrogens with zero attached hydrogens (tertiary/aromatic N) is 2. The Bertz CT molecular complexity index is 434. The molecular formula is C14H27N3O2S. The van der Waals surface area contributed by atoms with Crippen molar-refractivity contribution in [1.82, 2.24) is 14.5 Å². The summed E-state index contributed by atoms with van der Waals surface area (Å²) >= 11 is 0. The maximum absolute atomic E-state index is 12.8. The minimum absolute atomic E-state index is 0.200. The van der Waals surface area contributed by atoms with Crippen LogP contribution in [-0.4, -0.2) is 68.7 Å². The first-order valence-electron chi connectivity index (χ1n) is 7.99. The third-order valence-corrected chi connectivity index (χ3v) is 7.64. The SMILES string of the molecule is CN1CCCC2CN(S(=O)(=O)C3CCCNC3)CCC21. The highest BCUT2D eigenvalue weighted by atomic mass is 32.2. The molecule has 6 heteroatoms. The zero-order valence-electron chi connectivity index (χ0n) is 12.4. The maximum atomic E-state index is 12.8. The summed E-state index contributed by atoms with van der Waals surface area (Å²) in [5.74, 6) is 0.536. The van der Waals surface area contributed by atoms with Crippen molar-refractivity contribution in [3.05, 3.63) is 0 Å². The van der Waals surface area contributed by atoms with Crippen LogP contribution in [0.15, 0.2) is 0 Å². The zero-order chi connectivity index (χ0) is 14.2. The molecule has 20 heavy (non-hydrogen) atoms. The topological polar surface area (TPSA) is 52.7 Å². The molecule has 3 aliphatic heterocycles. The fourth-order valence-corrected chi connectivity index (χ4v) is 6.11. The molecule has 3 atom stereocenters. The summed E-state index contributed by atoms with van der Waals surface area (Å²) in [6, 6.07) is 0.597. The van der Waals surface area contributed by atoms with Crippen molar-refractivity contribution in [3.63, 3.8) is 0 Å². The minimum Gasteiger partial charge on any atom is -0.315 e. The lowest BCUT2D eigenvalue weighted by Crippen LogP contribution is -2.56. The smallest absolute Gasteiger partial charge is 0.218 e. The van der Waals surface area contributed by atoms with Crippen LogP contribution in [0.2, 0.25) is 0 Å². The average Bonchev–Trinajstić information content (AvgIpc) is 2.48. The highest BCUT2D eigenvalue weighted by molar-refractivity contribution is 7.89. The first-order chi connectivity index (χ1) is 9.59. The molecule has 1 N–H and O–H groups in total. The lowest BCUT2D eigenvalue weighted by atomic mass is 9.85. The van der Waals surface area contributed by atoms with E-state index in [9.17, 15) is 8.42 Å². The van der Waals surface area contributed by atoms with Crippen molar-refractivity contribution in [1.29, 1.82) is 0 Å². The molecule has 0 bridgehead atoms. The first-order valence-corrected chi connectivity index (χ1v) is 9.49. The van der Waals surface area contributed by atoms with Crippen LogP contribution in [0.3, 0.4) is 0 Å². The molecule has 0 aliphatic carbocycles. The van der Waals surface area contributed by atoms with Crippen LogP contribution in [0.5, 0.6) is 0 Å². The zero-order valence-corrected chi connectivity index (χ0v) is 13.2. The fourth-order valence-electron chi connectivity index (χ4n) is 4.14. The number of hydrogen-bond acceptors (Lipinski definition) is 4. The van der Waals surface area contributed by atoms with E-state index in [1.54, 1.807) is 4.31 Å². The highest BCUT2D eigenvalue weighted by Crippen LogP contribution is 2.32. The Morgan fingerprint density at radius 3 is 2.70 bits per heavy atom. The Morgan fingerprint density at radius 1 is 1.10 bits per heavy atom. The van der Waals surface area contributed by atoms with Gasteiger partial charge in [-0.1, -0.05) is 0 Å². The number of piperidine rings is 3. The summed E-state index contributed by atoms with van der Waals surface area (Å²) in [5.41, 5.74) is 0. The average molecular weight is 301 g/mol. The molecule has 0 saturated carbocycles. The molecule has 0 aromatic carbocycles. The Labute approximate surface area is 122 Å². The van der Waals surface area contributed by atoms with Crippen molar-refractivity contribution in [2.45, 2.75) is 43.4 Å². The molecule has 0 aromatic heterocycles. The predicted octanol–water partition coefficient (Wildman–Crippen LogP) is 0.484.